The van der Waals surface area contributed by atoms with E-state index in [1.165, 1.54) is 25.7 Å². The summed E-state index contributed by atoms with van der Waals surface area (Å²) in [5.74, 6) is 2.24. The Morgan fingerprint density at radius 2 is 1.56 bits per heavy atom. The Balaban J connectivity index is 2.02. The Morgan fingerprint density at radius 3 is 2.25 bits per heavy atom. The summed E-state index contributed by atoms with van der Waals surface area (Å²) in [4.78, 5) is 0. The van der Waals surface area contributed by atoms with Crippen LogP contribution in [0.15, 0.2) is 0 Å². The van der Waals surface area contributed by atoms with E-state index in [0.29, 0.717) is 16.7 Å². The second-order valence-electron chi connectivity index (χ2n) is 7.99. The molecule has 0 amide bonds. The fourth-order valence-electron chi connectivity index (χ4n) is 5.85. The van der Waals surface area contributed by atoms with Gasteiger partial charge in [0.2, 0.25) is 0 Å². The summed E-state index contributed by atoms with van der Waals surface area (Å²) < 4.78 is 0. The van der Waals surface area contributed by atoms with E-state index in [9.17, 15) is 5.11 Å². The van der Waals surface area contributed by atoms with Gasteiger partial charge in [-0.2, -0.15) is 0 Å². The van der Waals surface area contributed by atoms with E-state index in [-0.39, 0.29) is 5.60 Å². The first-order valence-electron chi connectivity index (χ1n) is 6.99. The lowest BCUT2D eigenvalue weighted by Crippen LogP contribution is -2.46. The maximum Gasteiger partial charge on any atom is 0.0650 e. The fourth-order valence-corrected chi connectivity index (χ4v) is 5.85. The summed E-state index contributed by atoms with van der Waals surface area (Å²) in [7, 11) is 0. The molecule has 3 aliphatic rings. The minimum Gasteiger partial charge on any atom is -0.390 e. The first-order valence-corrected chi connectivity index (χ1v) is 6.99. The predicted octanol–water partition coefficient (Wildman–Crippen LogP) is 3.61. The van der Waals surface area contributed by atoms with Gasteiger partial charge in [0.15, 0.2) is 0 Å². The molecule has 0 saturated heterocycles. The maximum absolute atomic E-state index is 10.6. The van der Waals surface area contributed by atoms with Crippen LogP contribution in [0.2, 0.25) is 0 Å². The Morgan fingerprint density at radius 1 is 0.938 bits per heavy atom. The number of hydrogen-bond acceptors (Lipinski definition) is 1. The lowest BCUT2D eigenvalue weighted by molar-refractivity contribution is -0.0822. The van der Waals surface area contributed by atoms with Crippen molar-refractivity contribution in [3.05, 3.63) is 0 Å². The van der Waals surface area contributed by atoms with Crippen molar-refractivity contribution >= 4 is 0 Å². The molecular weight excluding hydrogens is 196 g/mol. The second kappa shape index (κ2) is 2.85. The molecule has 0 aromatic carbocycles. The Labute approximate surface area is 99.6 Å². The van der Waals surface area contributed by atoms with Crippen molar-refractivity contribution in [1.29, 1.82) is 0 Å². The van der Waals surface area contributed by atoms with Crippen LogP contribution in [0.1, 0.15) is 59.8 Å². The molecule has 0 aliphatic heterocycles. The lowest BCUT2D eigenvalue weighted by Gasteiger charge is -2.46. The van der Waals surface area contributed by atoms with Crippen LogP contribution in [0.4, 0.5) is 0 Å². The molecule has 1 heteroatoms. The van der Waals surface area contributed by atoms with Crippen LogP contribution in [0.25, 0.3) is 0 Å². The Bertz CT molecular complexity index is 315. The molecule has 0 unspecified atom stereocenters. The molecule has 5 atom stereocenters. The molecule has 16 heavy (non-hydrogen) atoms. The zero-order valence-corrected chi connectivity index (χ0v) is 11.2. The average Bonchev–Trinajstić information content (AvgIpc) is 2.51. The van der Waals surface area contributed by atoms with Gasteiger partial charge in [-0.05, 0) is 67.6 Å². The van der Waals surface area contributed by atoms with Crippen LogP contribution >= 0.6 is 0 Å². The third kappa shape index (κ3) is 1.21. The van der Waals surface area contributed by atoms with Crippen LogP contribution in [-0.2, 0) is 0 Å². The number of hydrogen-bond donors (Lipinski definition) is 1. The van der Waals surface area contributed by atoms with Gasteiger partial charge in [0, 0.05) is 0 Å². The molecule has 3 saturated carbocycles. The Kier molecular flexibility index (Phi) is 1.98. The largest absolute Gasteiger partial charge is 0.390 e. The normalized spacial score (nSPS) is 58.7. The highest BCUT2D eigenvalue weighted by molar-refractivity contribution is 5.13. The average molecular weight is 222 g/mol. The van der Waals surface area contributed by atoms with Gasteiger partial charge in [-0.3, -0.25) is 0 Å². The van der Waals surface area contributed by atoms with Crippen molar-refractivity contribution in [2.45, 2.75) is 65.4 Å². The minimum absolute atomic E-state index is 0.376. The molecule has 0 heterocycles. The summed E-state index contributed by atoms with van der Waals surface area (Å²) in [6, 6.07) is 0. The molecule has 1 N–H and O–H groups in total. The molecule has 0 radical (unpaired) electrons. The molecule has 0 bridgehead atoms. The van der Waals surface area contributed by atoms with Gasteiger partial charge in [-0.15, -0.1) is 0 Å². The van der Waals surface area contributed by atoms with E-state index in [1.54, 1.807) is 0 Å². The highest BCUT2D eigenvalue weighted by atomic mass is 16.3. The van der Waals surface area contributed by atoms with E-state index in [4.69, 9.17) is 0 Å². The van der Waals surface area contributed by atoms with Gasteiger partial charge in [-0.25, -0.2) is 0 Å². The summed E-state index contributed by atoms with van der Waals surface area (Å²) in [5.41, 5.74) is 0.664. The molecular formula is C15H26O. The van der Waals surface area contributed by atoms with Gasteiger partial charge in [-0.1, -0.05) is 20.8 Å². The van der Waals surface area contributed by atoms with Crippen LogP contribution in [0.5, 0.6) is 0 Å². The van der Waals surface area contributed by atoms with Crippen molar-refractivity contribution in [3.63, 3.8) is 0 Å². The van der Waals surface area contributed by atoms with E-state index in [2.05, 4.69) is 27.7 Å². The third-order valence-corrected chi connectivity index (χ3v) is 6.32. The minimum atomic E-state index is -0.376. The van der Waals surface area contributed by atoms with Gasteiger partial charge >= 0.3 is 0 Å². The fraction of sp³-hybridized carbons (Fsp3) is 1.00. The first-order chi connectivity index (χ1) is 7.26. The van der Waals surface area contributed by atoms with Crippen molar-refractivity contribution in [2.75, 3.05) is 0 Å². The summed E-state index contributed by atoms with van der Waals surface area (Å²) in [5, 5.41) is 10.6. The van der Waals surface area contributed by atoms with Crippen LogP contribution < -0.4 is 0 Å². The quantitative estimate of drug-likeness (QED) is 0.664. The SMILES string of the molecule is CC1(C)C[C@@]2(C)CC[C@H]3[C@H]2[C@@H]1CC[C@@]3(C)O. The van der Waals surface area contributed by atoms with Gasteiger partial charge < -0.3 is 5.11 Å². The number of aliphatic hydroxyl groups is 1. The van der Waals surface area contributed by atoms with E-state index >= 15 is 0 Å². The lowest BCUT2D eigenvalue weighted by atomic mass is 9.61. The third-order valence-electron chi connectivity index (χ3n) is 6.32. The summed E-state index contributed by atoms with van der Waals surface area (Å²) in [6.45, 7) is 9.49. The highest BCUT2D eigenvalue weighted by Crippen LogP contribution is 2.70. The van der Waals surface area contributed by atoms with Crippen LogP contribution in [0, 0.1) is 28.6 Å². The second-order valence-corrected chi connectivity index (χ2v) is 7.99. The summed E-state index contributed by atoms with van der Waals surface area (Å²) in [6.07, 6.45) is 6.26. The maximum atomic E-state index is 10.6. The zero-order chi connectivity index (χ0) is 11.8. The first kappa shape index (κ1) is 11.1. The molecule has 92 valence electrons. The standard InChI is InChI=1S/C15H26O/c1-13(2)9-14(3)7-5-11-12(14)10(13)6-8-15(11,4)16/h10-12,16H,5-9H2,1-4H3/t10-,11-,12+,14+,15+/m0/s1. The zero-order valence-electron chi connectivity index (χ0n) is 11.2. The van der Waals surface area contributed by atoms with Crippen LogP contribution in [0.3, 0.4) is 0 Å². The molecule has 3 rings (SSSR count). The van der Waals surface area contributed by atoms with E-state index < -0.39 is 0 Å². The highest BCUT2D eigenvalue weighted by Gasteiger charge is 2.64. The van der Waals surface area contributed by atoms with Gasteiger partial charge in [0.1, 0.15) is 0 Å². The van der Waals surface area contributed by atoms with Crippen molar-refractivity contribution in [1.82, 2.24) is 0 Å². The van der Waals surface area contributed by atoms with Crippen molar-refractivity contribution in [2.24, 2.45) is 28.6 Å². The molecule has 0 aromatic rings. The van der Waals surface area contributed by atoms with Gasteiger partial charge in [0.25, 0.3) is 0 Å². The molecule has 3 fully saturated rings. The Hall–Kier alpha value is -0.0400. The molecule has 0 aromatic heterocycles. The predicted molar refractivity (Wildman–Crippen MR) is 66.1 cm³/mol. The van der Waals surface area contributed by atoms with Crippen molar-refractivity contribution in [3.8, 4) is 0 Å². The molecule has 1 nitrogen and oxygen atoms in total. The number of rotatable bonds is 0. The van der Waals surface area contributed by atoms with E-state index in [1.807, 2.05) is 0 Å². The topological polar surface area (TPSA) is 20.2 Å². The monoisotopic (exact) mass is 222 g/mol. The molecule has 3 aliphatic carbocycles. The summed E-state index contributed by atoms with van der Waals surface area (Å²) >= 11 is 0. The molecule has 0 spiro atoms. The van der Waals surface area contributed by atoms with Crippen LogP contribution in [-0.4, -0.2) is 10.7 Å². The van der Waals surface area contributed by atoms with E-state index in [0.717, 1.165) is 18.3 Å². The smallest absolute Gasteiger partial charge is 0.0650 e. The van der Waals surface area contributed by atoms with Gasteiger partial charge in [0.05, 0.1) is 5.60 Å². The van der Waals surface area contributed by atoms with Crippen molar-refractivity contribution < 1.29 is 5.11 Å².